The van der Waals surface area contributed by atoms with Gasteiger partial charge >= 0.3 is 17.0 Å². The summed E-state index contributed by atoms with van der Waals surface area (Å²) in [6.45, 7) is 0. The topological polar surface area (TPSA) is 77.4 Å². The van der Waals surface area contributed by atoms with Crippen LogP contribution in [0.4, 0.5) is 0 Å². The maximum atomic E-state index is 6.84. The molecule has 9 aliphatic rings. The number of nitrogens with zero attached hydrogens (tertiary/aromatic N) is 12. The number of rotatable bonds is 0. The van der Waals surface area contributed by atoms with Crippen molar-refractivity contribution in [1.29, 1.82) is 0 Å². The molecule has 0 saturated heterocycles. The molecule has 0 radical (unpaired) electrons. The van der Waals surface area contributed by atoms with E-state index < -0.39 is 17.0 Å². The molecule has 9 aliphatic heterocycles. The van der Waals surface area contributed by atoms with E-state index in [0.717, 1.165) is 34.5 Å². The van der Waals surface area contributed by atoms with Crippen LogP contribution in [-0.2, 0) is 17.0 Å². The highest BCUT2D eigenvalue weighted by atomic mass is 16.5. The van der Waals surface area contributed by atoms with Crippen LogP contribution in [0.3, 0.4) is 0 Å². The molecule has 0 bridgehead atoms. The van der Waals surface area contributed by atoms with E-state index in [-0.39, 0.29) is 0 Å². The average Bonchev–Trinajstić information content (AvgIpc) is 1.48. The van der Waals surface area contributed by atoms with Crippen LogP contribution in [0.25, 0.3) is 185 Å². The Bertz CT molecular complexity index is 9320. The number of hydrogen-bond donors (Lipinski definition) is 0. The van der Waals surface area contributed by atoms with E-state index in [9.17, 15) is 0 Å². The van der Waals surface area contributed by atoms with E-state index in [0.29, 0.717) is 0 Å². The second-order valence-electron chi connectivity index (χ2n) is 33.1. The molecule has 0 amide bonds. The third-order valence-electron chi connectivity index (χ3n) is 28.7. The summed E-state index contributed by atoms with van der Waals surface area (Å²) >= 11 is 0. The molecule has 27 heterocycles. The van der Waals surface area contributed by atoms with E-state index in [2.05, 4.69) is 371 Å². The molecule has 528 valence electrons. The standard InChI is InChI=1S/2C35H18N4O.C31H16N4O/c1-2-7-20-19(6-1)18-37-25-12-14-27-31-29(25)34-22(32(20)37)9-4-17-39(34)35(31)30-26(40-27)13-11-24-28(30)33-21(8-3-16-38(33)35)23-10-5-15-36(23)24;1-2-7-20-19(6-1)18-37-25-10-5-17-39-34(25)28-22(32(20)37)11-13-26-30(28)35(39)31-27(40-26)14-12-24-29(31)33-21(8-3-16-38(33)35)23-9-4-15-36(23)24;1-5-18-20-7-3-13-32(20)21-10-12-24-28-26(21)29(18)34(15-1)31(28)27-23(36-24)11-9-17-19-6-2-14-33(19)22-8-4-16-35(31)30(22)25(17)27/h2*1-18H;1-16H/q3*+2. The molecular weight excluding hydrogens is 1430 g/mol. The molecule has 3 unspecified atom stereocenters. The van der Waals surface area contributed by atoms with Gasteiger partial charge in [-0.2, -0.15) is 0 Å². The number of aromatic nitrogens is 12. The Balaban J connectivity index is 0.0000000835. The highest BCUT2D eigenvalue weighted by Crippen LogP contribution is 2.63. The summed E-state index contributed by atoms with van der Waals surface area (Å²) in [5.74, 6) is 5.63. The second-order valence-corrected chi connectivity index (χ2v) is 33.1. The van der Waals surface area contributed by atoms with Crippen molar-refractivity contribution in [3.8, 4) is 34.5 Å². The third kappa shape index (κ3) is 5.47. The van der Waals surface area contributed by atoms with Gasteiger partial charge in [-0.05, 0) is 158 Å². The van der Waals surface area contributed by atoms with Crippen LogP contribution in [0.15, 0.2) is 317 Å². The lowest BCUT2D eigenvalue weighted by Crippen LogP contribution is -2.72. The van der Waals surface area contributed by atoms with Crippen molar-refractivity contribution in [2.75, 3.05) is 0 Å². The first kappa shape index (κ1) is 56.5. The third-order valence-corrected chi connectivity index (χ3v) is 28.7. The predicted octanol–water partition coefficient (Wildman–Crippen LogP) is 18.5. The van der Waals surface area contributed by atoms with Crippen LogP contribution in [0.2, 0.25) is 0 Å². The van der Waals surface area contributed by atoms with Gasteiger partial charge in [0.1, 0.15) is 45.5 Å². The zero-order valence-electron chi connectivity index (χ0n) is 61.1. The first-order chi connectivity index (χ1) is 57.6. The van der Waals surface area contributed by atoms with Crippen LogP contribution in [0.5, 0.6) is 34.5 Å². The summed E-state index contributed by atoms with van der Waals surface area (Å²) in [6, 6.07) is 88.3. The van der Waals surface area contributed by atoms with Crippen molar-refractivity contribution in [3.63, 3.8) is 0 Å². The minimum atomic E-state index is -0.569. The molecule has 15 heteroatoms. The van der Waals surface area contributed by atoms with Gasteiger partial charge in [0.25, 0.3) is 0 Å². The zero-order valence-corrected chi connectivity index (χ0v) is 61.1. The number of ether oxygens (including phenoxy) is 3. The number of pyridine rings is 12. The van der Waals surface area contributed by atoms with Gasteiger partial charge in [-0.15, -0.1) is 27.4 Å². The summed E-state index contributed by atoms with van der Waals surface area (Å²) in [7, 11) is 0. The SMILES string of the molecule is c1cc2c3ccc[n+]4c3c3c5c(ccc3n2c1)Oc1ccc2c3c1C54[n+]1cccc(c31)n1cccc21.c1ccc2c(c1)cn1c3ccc4c5c3c3c(ccc[n+]3C53c5c(ccc6c5c5c(ccc[n+]53)c3cccn36)O4)c21.c1ccc2c(c1)cn1c3ccc[n+]4c3c3c5c(ccc3c21)Oc1ccc2c3c1C54[n+]1cccc(c4cccn42)c31. The molecule has 0 saturated carbocycles. The Labute approximate surface area is 651 Å². The quantitative estimate of drug-likeness (QED) is 0.112. The molecule has 116 heavy (non-hydrogen) atoms. The molecule has 0 fully saturated rings. The molecule has 18 aromatic heterocycles. The number of fused-ring (bicyclic) bond motifs is 22. The molecule has 35 rings (SSSR count). The van der Waals surface area contributed by atoms with Crippen LogP contribution in [-0.4, -0.2) is 26.4 Å². The Morgan fingerprint density at radius 2 is 0.483 bits per heavy atom. The van der Waals surface area contributed by atoms with Crippen LogP contribution < -0.4 is 41.6 Å². The second kappa shape index (κ2) is 17.9. The van der Waals surface area contributed by atoms with Gasteiger partial charge in [0, 0.05) is 106 Å². The highest BCUT2D eigenvalue weighted by Gasteiger charge is 2.73. The summed E-state index contributed by atoms with van der Waals surface area (Å²) in [5, 5.41) is 20.3. The van der Waals surface area contributed by atoms with Gasteiger partial charge in [-0.3, -0.25) is 0 Å². The lowest BCUT2D eigenvalue weighted by molar-refractivity contribution is -0.945. The number of hydrogen-bond acceptors (Lipinski definition) is 3. The lowest BCUT2D eigenvalue weighted by atomic mass is 9.86. The number of benzene rings is 8. The average molecular weight is 1480 g/mol. The van der Waals surface area contributed by atoms with Gasteiger partial charge in [-0.25, -0.2) is 0 Å². The summed E-state index contributed by atoms with van der Waals surface area (Å²) < 4.78 is 49.7. The van der Waals surface area contributed by atoms with E-state index in [4.69, 9.17) is 14.2 Å². The summed E-state index contributed by atoms with van der Waals surface area (Å²) in [5.41, 5.74) is 28.1. The van der Waals surface area contributed by atoms with Crippen molar-refractivity contribution in [1.82, 2.24) is 26.4 Å². The van der Waals surface area contributed by atoms with E-state index in [1.54, 1.807) is 0 Å². The van der Waals surface area contributed by atoms with Crippen LogP contribution in [0, 0.1) is 0 Å². The van der Waals surface area contributed by atoms with Crippen molar-refractivity contribution >= 4 is 185 Å². The first-order valence-corrected chi connectivity index (χ1v) is 39.9. The smallest absolute Gasteiger partial charge is 0.425 e. The fraction of sp³-hybridized carbons (Fsp3) is 0.0297. The van der Waals surface area contributed by atoms with E-state index in [1.807, 2.05) is 0 Å². The van der Waals surface area contributed by atoms with Crippen LogP contribution >= 0.6 is 0 Å². The predicted molar refractivity (Wildman–Crippen MR) is 446 cm³/mol. The molecule has 0 aliphatic carbocycles. The molecule has 26 aromatic rings. The Morgan fingerprint density at radius 3 is 0.914 bits per heavy atom. The van der Waals surface area contributed by atoms with Gasteiger partial charge in [0.15, 0.2) is 70.6 Å². The first-order valence-electron chi connectivity index (χ1n) is 39.9. The van der Waals surface area contributed by atoms with Gasteiger partial charge in [0.05, 0.1) is 109 Å². The fourth-order valence-electron chi connectivity index (χ4n) is 25.1. The van der Waals surface area contributed by atoms with E-state index >= 15 is 0 Å². The fourth-order valence-corrected chi connectivity index (χ4v) is 25.1. The lowest BCUT2D eigenvalue weighted by Gasteiger charge is -2.26. The highest BCUT2D eigenvalue weighted by molar-refractivity contribution is 6.25. The van der Waals surface area contributed by atoms with Crippen molar-refractivity contribution < 1.29 is 41.6 Å². The van der Waals surface area contributed by atoms with Gasteiger partial charge in [0.2, 0.25) is 33.1 Å². The maximum Gasteiger partial charge on any atom is 0.425 e. The van der Waals surface area contributed by atoms with E-state index in [1.165, 1.54) is 219 Å². The Morgan fingerprint density at radius 1 is 0.198 bits per heavy atom. The van der Waals surface area contributed by atoms with Crippen molar-refractivity contribution in [3.05, 3.63) is 350 Å². The molecule has 8 aromatic carbocycles. The van der Waals surface area contributed by atoms with Crippen molar-refractivity contribution in [2.45, 2.75) is 17.0 Å². The summed E-state index contributed by atoms with van der Waals surface area (Å²) in [4.78, 5) is 0. The van der Waals surface area contributed by atoms with Gasteiger partial charge < -0.3 is 40.6 Å². The van der Waals surface area contributed by atoms with Crippen molar-refractivity contribution in [2.24, 2.45) is 0 Å². The summed E-state index contributed by atoms with van der Waals surface area (Å²) in [6.07, 6.45) is 27.0. The molecule has 0 N–H and O–H groups in total. The minimum Gasteiger partial charge on any atom is -0.456 e. The minimum absolute atomic E-state index is 0.537. The maximum absolute atomic E-state index is 6.84. The Kier molecular flexibility index (Phi) is 8.72. The largest absolute Gasteiger partial charge is 0.456 e. The zero-order chi connectivity index (χ0) is 73.9. The molecule has 3 spiro atoms. The monoisotopic (exact) mass is 1480 g/mol. The molecule has 15 nitrogen and oxygen atoms in total. The molecular formula is C101H52N12O3+6. The molecule has 3 atom stereocenters. The van der Waals surface area contributed by atoms with Crippen LogP contribution in [0.1, 0.15) is 33.4 Å². The normalized spacial score (nSPS) is 18.0. The van der Waals surface area contributed by atoms with Gasteiger partial charge in [-0.1, -0.05) is 48.5 Å². The Hall–Kier alpha value is -15.7.